The van der Waals surface area contributed by atoms with E-state index in [1.54, 1.807) is 6.08 Å². The zero-order valence-electron chi connectivity index (χ0n) is 12.5. The van der Waals surface area contributed by atoms with Crippen LogP contribution < -0.4 is 5.32 Å². The minimum absolute atomic E-state index is 0.0443. The maximum atomic E-state index is 11.9. The molecule has 1 aliphatic rings. The second-order valence-corrected chi connectivity index (χ2v) is 6.24. The van der Waals surface area contributed by atoms with Crippen LogP contribution in [0.2, 0.25) is 0 Å². The van der Waals surface area contributed by atoms with Crippen molar-refractivity contribution in [3.8, 4) is 0 Å². The van der Waals surface area contributed by atoms with Gasteiger partial charge in [0, 0.05) is 17.5 Å². The van der Waals surface area contributed by atoms with Crippen LogP contribution in [0.25, 0.3) is 5.57 Å². The van der Waals surface area contributed by atoms with Crippen LogP contribution in [-0.2, 0) is 16.0 Å². The summed E-state index contributed by atoms with van der Waals surface area (Å²) < 4.78 is 4.77. The molecule has 1 heterocycles. The van der Waals surface area contributed by atoms with E-state index in [0.29, 0.717) is 11.4 Å². The lowest BCUT2D eigenvalue weighted by Crippen LogP contribution is -2.22. The summed E-state index contributed by atoms with van der Waals surface area (Å²) in [4.78, 5) is 25.3. The van der Waals surface area contributed by atoms with E-state index in [2.05, 4.69) is 12.2 Å². The van der Waals surface area contributed by atoms with E-state index in [1.165, 1.54) is 23.3 Å². The molecule has 4 nitrogen and oxygen atoms in total. The molecule has 0 aliphatic heterocycles. The molecule has 114 valence electrons. The SMILES string of the molecule is CCCCNC(=O)C=C1CCCc2sc(C(=O)OC)cc21. The number of hydrogen-bond acceptors (Lipinski definition) is 4. The number of amides is 1. The Balaban J connectivity index is 2.15. The van der Waals surface area contributed by atoms with Crippen molar-refractivity contribution >= 4 is 28.8 Å². The van der Waals surface area contributed by atoms with Gasteiger partial charge in [-0.1, -0.05) is 13.3 Å². The number of hydrogen-bond donors (Lipinski definition) is 1. The average molecular weight is 307 g/mol. The van der Waals surface area contributed by atoms with Crippen molar-refractivity contribution in [2.45, 2.75) is 39.0 Å². The molecule has 21 heavy (non-hydrogen) atoms. The standard InChI is InChI=1S/C16H21NO3S/c1-3-4-8-17-15(18)9-11-6-5-7-13-12(11)10-14(21-13)16(19)20-2/h9-10H,3-8H2,1-2H3,(H,17,18). The monoisotopic (exact) mass is 307 g/mol. The lowest BCUT2D eigenvalue weighted by atomic mass is 9.93. The number of aryl methyl sites for hydroxylation is 1. The highest BCUT2D eigenvalue weighted by molar-refractivity contribution is 7.14. The van der Waals surface area contributed by atoms with Crippen LogP contribution in [0.4, 0.5) is 0 Å². The van der Waals surface area contributed by atoms with Gasteiger partial charge in [-0.05, 0) is 42.9 Å². The van der Waals surface area contributed by atoms with Gasteiger partial charge >= 0.3 is 5.97 Å². The molecule has 0 bridgehead atoms. The van der Waals surface area contributed by atoms with Gasteiger partial charge in [-0.3, -0.25) is 4.79 Å². The number of rotatable bonds is 5. The van der Waals surface area contributed by atoms with E-state index in [0.717, 1.165) is 43.2 Å². The summed E-state index contributed by atoms with van der Waals surface area (Å²) >= 11 is 1.47. The highest BCUT2D eigenvalue weighted by atomic mass is 32.1. The summed E-state index contributed by atoms with van der Waals surface area (Å²) in [6.07, 6.45) is 6.60. The molecule has 1 aliphatic carbocycles. The Morgan fingerprint density at radius 1 is 1.43 bits per heavy atom. The minimum atomic E-state index is -0.304. The molecule has 0 saturated carbocycles. The fourth-order valence-electron chi connectivity index (χ4n) is 2.41. The van der Waals surface area contributed by atoms with Crippen LogP contribution in [0.5, 0.6) is 0 Å². The van der Waals surface area contributed by atoms with Gasteiger partial charge < -0.3 is 10.1 Å². The van der Waals surface area contributed by atoms with Gasteiger partial charge in [0.25, 0.3) is 0 Å². The van der Waals surface area contributed by atoms with Gasteiger partial charge in [-0.25, -0.2) is 4.79 Å². The Labute approximate surface area is 129 Å². The van der Waals surface area contributed by atoms with Crippen molar-refractivity contribution in [1.82, 2.24) is 5.32 Å². The van der Waals surface area contributed by atoms with Gasteiger partial charge in [0.1, 0.15) is 4.88 Å². The van der Waals surface area contributed by atoms with Crippen LogP contribution in [0.3, 0.4) is 0 Å². The molecule has 1 amide bonds. The Kier molecular flexibility index (Phi) is 5.56. The van der Waals surface area contributed by atoms with Gasteiger partial charge in [0.15, 0.2) is 0 Å². The summed E-state index contributed by atoms with van der Waals surface area (Å²) in [5.41, 5.74) is 2.06. The Morgan fingerprint density at radius 3 is 2.95 bits per heavy atom. The number of allylic oxidation sites excluding steroid dienone is 1. The van der Waals surface area contributed by atoms with Crippen molar-refractivity contribution in [2.75, 3.05) is 13.7 Å². The van der Waals surface area contributed by atoms with E-state index in [1.807, 2.05) is 6.07 Å². The van der Waals surface area contributed by atoms with Crippen molar-refractivity contribution in [2.24, 2.45) is 0 Å². The number of thiophene rings is 1. The molecule has 0 fully saturated rings. The van der Waals surface area contributed by atoms with Crippen LogP contribution in [0.1, 0.15) is 52.7 Å². The maximum Gasteiger partial charge on any atom is 0.348 e. The van der Waals surface area contributed by atoms with Gasteiger partial charge in [-0.2, -0.15) is 0 Å². The molecule has 2 rings (SSSR count). The smallest absolute Gasteiger partial charge is 0.348 e. The Bertz CT molecular complexity index is 560. The summed E-state index contributed by atoms with van der Waals surface area (Å²) in [6, 6.07) is 1.86. The lowest BCUT2D eigenvalue weighted by Gasteiger charge is -2.14. The zero-order chi connectivity index (χ0) is 15.2. The highest BCUT2D eigenvalue weighted by Gasteiger charge is 2.21. The highest BCUT2D eigenvalue weighted by Crippen LogP contribution is 2.36. The third-order valence-corrected chi connectivity index (χ3v) is 4.70. The molecule has 5 heteroatoms. The second kappa shape index (κ2) is 7.41. The average Bonchev–Trinajstić information content (AvgIpc) is 2.92. The van der Waals surface area contributed by atoms with Crippen LogP contribution in [-0.4, -0.2) is 25.5 Å². The normalized spacial score (nSPS) is 15.6. The van der Waals surface area contributed by atoms with Gasteiger partial charge in [0.05, 0.1) is 7.11 Å². The van der Waals surface area contributed by atoms with E-state index < -0.39 is 0 Å². The van der Waals surface area contributed by atoms with Gasteiger partial charge in [0.2, 0.25) is 5.91 Å². The van der Waals surface area contributed by atoms with Crippen molar-refractivity contribution < 1.29 is 14.3 Å². The fourth-order valence-corrected chi connectivity index (χ4v) is 3.56. The molecule has 0 atom stereocenters. The lowest BCUT2D eigenvalue weighted by molar-refractivity contribution is -0.116. The Morgan fingerprint density at radius 2 is 2.24 bits per heavy atom. The molecule has 0 aromatic carbocycles. The first-order valence-corrected chi connectivity index (χ1v) is 8.17. The predicted molar refractivity (Wildman–Crippen MR) is 84.5 cm³/mol. The predicted octanol–water partition coefficient (Wildman–Crippen LogP) is 3.17. The van der Waals surface area contributed by atoms with Crippen molar-refractivity contribution in [3.05, 3.63) is 27.5 Å². The third kappa shape index (κ3) is 3.94. The maximum absolute atomic E-state index is 11.9. The summed E-state index contributed by atoms with van der Waals surface area (Å²) in [5.74, 6) is -0.349. The molecule has 0 radical (unpaired) electrons. The van der Waals surface area contributed by atoms with Crippen molar-refractivity contribution in [1.29, 1.82) is 0 Å². The number of unbranched alkanes of at least 4 members (excludes halogenated alkanes) is 1. The second-order valence-electron chi connectivity index (χ2n) is 5.11. The summed E-state index contributed by atoms with van der Waals surface area (Å²) in [5, 5.41) is 2.90. The topological polar surface area (TPSA) is 55.4 Å². The number of esters is 1. The van der Waals surface area contributed by atoms with E-state index in [9.17, 15) is 9.59 Å². The Hall–Kier alpha value is -1.62. The molecule has 0 spiro atoms. The van der Waals surface area contributed by atoms with Gasteiger partial charge in [-0.15, -0.1) is 11.3 Å². The first-order chi connectivity index (χ1) is 10.2. The first-order valence-electron chi connectivity index (χ1n) is 7.35. The number of methoxy groups -OCH3 is 1. The minimum Gasteiger partial charge on any atom is -0.465 e. The largest absolute Gasteiger partial charge is 0.465 e. The quantitative estimate of drug-likeness (QED) is 0.516. The number of ether oxygens (including phenoxy) is 1. The number of carbonyl (C=O) groups is 2. The number of carbonyl (C=O) groups excluding carboxylic acids is 2. The van der Waals surface area contributed by atoms with Crippen molar-refractivity contribution in [3.63, 3.8) is 0 Å². The third-order valence-electron chi connectivity index (χ3n) is 3.53. The molecule has 1 aromatic heterocycles. The van der Waals surface area contributed by atoms with E-state index in [-0.39, 0.29) is 11.9 Å². The van der Waals surface area contributed by atoms with E-state index in [4.69, 9.17) is 4.74 Å². The van der Waals surface area contributed by atoms with Crippen LogP contribution in [0.15, 0.2) is 12.1 Å². The molecule has 1 N–H and O–H groups in total. The number of fused-ring (bicyclic) bond motifs is 1. The first kappa shape index (κ1) is 15.8. The summed E-state index contributed by atoms with van der Waals surface area (Å²) in [6.45, 7) is 2.81. The summed E-state index contributed by atoms with van der Waals surface area (Å²) in [7, 11) is 1.39. The molecular formula is C16H21NO3S. The molecule has 0 saturated heterocycles. The number of nitrogens with one attached hydrogen (secondary N) is 1. The van der Waals surface area contributed by atoms with Crippen LogP contribution in [0, 0.1) is 0 Å². The van der Waals surface area contributed by atoms with E-state index >= 15 is 0 Å². The molecule has 0 unspecified atom stereocenters. The van der Waals surface area contributed by atoms with Crippen LogP contribution >= 0.6 is 11.3 Å². The fraction of sp³-hybridized carbons (Fsp3) is 0.500. The molecular weight excluding hydrogens is 286 g/mol. The zero-order valence-corrected chi connectivity index (χ0v) is 13.3. The molecule has 1 aromatic rings.